The van der Waals surface area contributed by atoms with E-state index in [4.69, 9.17) is 28.9 Å². The molecule has 2 atom stereocenters. The summed E-state index contributed by atoms with van der Waals surface area (Å²) in [5.41, 5.74) is 7.18. The van der Waals surface area contributed by atoms with Gasteiger partial charge in [-0.15, -0.1) is 0 Å². The zero-order chi connectivity index (χ0) is 14.0. The van der Waals surface area contributed by atoms with Gasteiger partial charge in [0.05, 0.1) is 10.0 Å². The molecule has 1 fully saturated rings. The van der Waals surface area contributed by atoms with Gasteiger partial charge >= 0.3 is 0 Å². The van der Waals surface area contributed by atoms with Crippen LogP contribution in [0.3, 0.4) is 0 Å². The Balaban J connectivity index is 1.89. The van der Waals surface area contributed by atoms with Crippen molar-refractivity contribution in [3.05, 3.63) is 33.8 Å². The molecule has 1 aliphatic rings. The van der Waals surface area contributed by atoms with Crippen LogP contribution in [0, 0.1) is 5.92 Å². The second-order valence-electron chi connectivity index (χ2n) is 5.60. The fourth-order valence-electron chi connectivity index (χ4n) is 2.45. The average molecular weight is 301 g/mol. The van der Waals surface area contributed by atoms with Crippen molar-refractivity contribution in [1.82, 2.24) is 4.90 Å². The van der Waals surface area contributed by atoms with Crippen LogP contribution in [-0.2, 0) is 0 Å². The lowest BCUT2D eigenvalue weighted by Crippen LogP contribution is -2.33. The van der Waals surface area contributed by atoms with Crippen LogP contribution in [0.15, 0.2) is 18.2 Å². The smallest absolute Gasteiger partial charge is 0.0640 e. The number of nitrogens with zero attached hydrogens (tertiary/aromatic N) is 1. The van der Waals surface area contributed by atoms with Gasteiger partial charge < -0.3 is 10.6 Å². The molecular formula is C15H22Cl2N2. The summed E-state index contributed by atoms with van der Waals surface area (Å²) in [5.74, 6) is 0.885. The van der Waals surface area contributed by atoms with E-state index in [0.717, 1.165) is 24.4 Å². The number of halogens is 2. The molecule has 0 aromatic heterocycles. The van der Waals surface area contributed by atoms with E-state index in [0.29, 0.717) is 16.1 Å². The second-order valence-corrected chi connectivity index (χ2v) is 6.38. The molecule has 0 spiro atoms. The second kappa shape index (κ2) is 6.45. The topological polar surface area (TPSA) is 29.3 Å². The van der Waals surface area contributed by atoms with Gasteiger partial charge in [0.15, 0.2) is 0 Å². The van der Waals surface area contributed by atoms with Gasteiger partial charge in [-0.05, 0) is 57.3 Å². The van der Waals surface area contributed by atoms with Crippen LogP contribution in [0.5, 0.6) is 0 Å². The molecule has 1 aromatic rings. The molecule has 2 nitrogen and oxygen atoms in total. The maximum absolute atomic E-state index is 6.24. The van der Waals surface area contributed by atoms with Gasteiger partial charge in [0.25, 0.3) is 0 Å². The van der Waals surface area contributed by atoms with Crippen LogP contribution in [0.1, 0.15) is 37.8 Å². The highest BCUT2D eigenvalue weighted by Crippen LogP contribution is 2.35. The van der Waals surface area contributed by atoms with E-state index >= 15 is 0 Å². The number of hydrogen-bond donors (Lipinski definition) is 1. The van der Waals surface area contributed by atoms with Crippen LogP contribution in [0.25, 0.3) is 0 Å². The van der Waals surface area contributed by atoms with E-state index in [1.54, 1.807) is 6.07 Å². The van der Waals surface area contributed by atoms with Crippen LogP contribution >= 0.6 is 23.2 Å². The van der Waals surface area contributed by atoms with Crippen LogP contribution in [-0.4, -0.2) is 24.5 Å². The van der Waals surface area contributed by atoms with Crippen molar-refractivity contribution < 1.29 is 0 Å². The molecule has 0 heterocycles. The molecule has 2 N–H and O–H groups in total. The highest BCUT2D eigenvalue weighted by molar-refractivity contribution is 6.42. The third kappa shape index (κ3) is 3.85. The van der Waals surface area contributed by atoms with Gasteiger partial charge in [0, 0.05) is 12.1 Å². The normalized spacial score (nSPS) is 18.6. The highest BCUT2D eigenvalue weighted by Gasteiger charge is 2.30. The summed E-state index contributed by atoms with van der Waals surface area (Å²) in [6.07, 6.45) is 3.64. The minimum Gasteiger partial charge on any atom is -0.324 e. The summed E-state index contributed by atoms with van der Waals surface area (Å²) in [4.78, 5) is 2.40. The number of benzene rings is 1. The maximum atomic E-state index is 6.24. The van der Waals surface area contributed by atoms with Crippen LogP contribution in [0.2, 0.25) is 10.0 Å². The minimum atomic E-state index is -0.0555. The largest absolute Gasteiger partial charge is 0.324 e. The number of nitrogens with two attached hydrogens (primary N) is 1. The molecule has 2 rings (SSSR count). The SMILES string of the molecule is CC(C1CC1)N(C)CCC(N)c1cccc(Cl)c1Cl. The lowest BCUT2D eigenvalue weighted by Gasteiger charge is -2.26. The summed E-state index contributed by atoms with van der Waals surface area (Å²) in [5, 5.41) is 1.17. The van der Waals surface area contributed by atoms with Crippen molar-refractivity contribution in [2.75, 3.05) is 13.6 Å². The first-order chi connectivity index (χ1) is 9.00. The Bertz CT molecular complexity index is 432. The number of hydrogen-bond acceptors (Lipinski definition) is 2. The summed E-state index contributed by atoms with van der Waals surface area (Å²) in [6.45, 7) is 3.29. The van der Waals surface area contributed by atoms with Crippen molar-refractivity contribution in [3.8, 4) is 0 Å². The number of rotatable bonds is 6. The summed E-state index contributed by atoms with van der Waals surface area (Å²) in [6, 6.07) is 6.26. The predicted octanol–water partition coefficient (Wildman–Crippen LogP) is 4.11. The zero-order valence-electron chi connectivity index (χ0n) is 11.6. The molecule has 1 saturated carbocycles. The Morgan fingerprint density at radius 2 is 2.05 bits per heavy atom. The summed E-state index contributed by atoms with van der Waals surface area (Å²) >= 11 is 12.2. The van der Waals surface area contributed by atoms with Crippen LogP contribution in [0.4, 0.5) is 0 Å². The Morgan fingerprint density at radius 1 is 1.37 bits per heavy atom. The Kier molecular flexibility index (Phi) is 5.13. The molecule has 1 aromatic carbocycles. The van der Waals surface area contributed by atoms with Crippen molar-refractivity contribution in [3.63, 3.8) is 0 Å². The Morgan fingerprint density at radius 3 is 2.68 bits per heavy atom. The quantitative estimate of drug-likeness (QED) is 0.856. The fourth-order valence-corrected chi connectivity index (χ4v) is 2.90. The van der Waals surface area contributed by atoms with E-state index < -0.39 is 0 Å². The van der Waals surface area contributed by atoms with Gasteiger partial charge in [0.1, 0.15) is 0 Å². The predicted molar refractivity (Wildman–Crippen MR) is 82.8 cm³/mol. The Labute approximate surface area is 125 Å². The van der Waals surface area contributed by atoms with Crippen molar-refractivity contribution >= 4 is 23.2 Å². The van der Waals surface area contributed by atoms with Gasteiger partial charge in [-0.25, -0.2) is 0 Å². The molecule has 2 unspecified atom stereocenters. The molecule has 106 valence electrons. The molecule has 0 saturated heterocycles. The monoisotopic (exact) mass is 300 g/mol. The van der Waals surface area contributed by atoms with Gasteiger partial charge in [-0.1, -0.05) is 35.3 Å². The third-order valence-electron chi connectivity index (χ3n) is 4.17. The van der Waals surface area contributed by atoms with Crippen molar-refractivity contribution in [2.24, 2.45) is 11.7 Å². The van der Waals surface area contributed by atoms with E-state index in [-0.39, 0.29) is 6.04 Å². The van der Waals surface area contributed by atoms with Gasteiger partial charge in [-0.3, -0.25) is 0 Å². The van der Waals surface area contributed by atoms with E-state index in [1.807, 2.05) is 12.1 Å². The molecule has 0 aliphatic heterocycles. The molecule has 0 amide bonds. The van der Waals surface area contributed by atoms with Gasteiger partial charge in [-0.2, -0.15) is 0 Å². The molecule has 0 bridgehead atoms. The molecule has 19 heavy (non-hydrogen) atoms. The van der Waals surface area contributed by atoms with E-state index in [9.17, 15) is 0 Å². The molecular weight excluding hydrogens is 279 g/mol. The van der Waals surface area contributed by atoms with Crippen molar-refractivity contribution in [2.45, 2.75) is 38.3 Å². The zero-order valence-corrected chi connectivity index (χ0v) is 13.1. The first-order valence-electron chi connectivity index (χ1n) is 6.90. The first kappa shape index (κ1) is 15.1. The molecule has 0 radical (unpaired) electrons. The molecule has 1 aliphatic carbocycles. The summed E-state index contributed by atoms with van der Waals surface area (Å²) < 4.78 is 0. The van der Waals surface area contributed by atoms with E-state index in [2.05, 4.69) is 18.9 Å². The van der Waals surface area contributed by atoms with E-state index in [1.165, 1.54) is 12.8 Å². The van der Waals surface area contributed by atoms with Gasteiger partial charge in [0.2, 0.25) is 0 Å². The first-order valence-corrected chi connectivity index (χ1v) is 7.66. The standard InChI is InChI=1S/C15H22Cl2N2/c1-10(11-6-7-11)19(2)9-8-14(18)12-4-3-5-13(16)15(12)17/h3-5,10-11,14H,6-9,18H2,1-2H3. The Hall–Kier alpha value is -0.280. The lowest BCUT2D eigenvalue weighted by atomic mass is 10.0. The van der Waals surface area contributed by atoms with Crippen LogP contribution < -0.4 is 5.73 Å². The summed E-state index contributed by atoms with van der Waals surface area (Å²) in [7, 11) is 2.18. The average Bonchev–Trinajstić information content (AvgIpc) is 3.22. The highest BCUT2D eigenvalue weighted by atomic mass is 35.5. The minimum absolute atomic E-state index is 0.0555. The molecule has 4 heteroatoms. The lowest BCUT2D eigenvalue weighted by molar-refractivity contribution is 0.226. The fraction of sp³-hybridized carbons (Fsp3) is 0.600. The van der Waals surface area contributed by atoms with Crippen molar-refractivity contribution in [1.29, 1.82) is 0 Å². The maximum Gasteiger partial charge on any atom is 0.0640 e. The third-order valence-corrected chi connectivity index (χ3v) is 5.01.